The number of carboxylic acid groups (broad SMARTS) is 3. The van der Waals surface area contributed by atoms with Crippen LogP contribution in [0.2, 0.25) is 0 Å². The Morgan fingerprint density at radius 2 is 1.47 bits per heavy atom. The summed E-state index contributed by atoms with van der Waals surface area (Å²) in [4.78, 5) is 57.6. The third kappa shape index (κ3) is 15.1. The average Bonchev–Trinajstić information content (AvgIpc) is 3.10. The van der Waals surface area contributed by atoms with Crippen molar-refractivity contribution in [3.63, 3.8) is 0 Å². The number of hydrogen-bond acceptors (Lipinski definition) is 11. The molecule has 1 saturated heterocycles. The predicted octanol–water partition coefficient (Wildman–Crippen LogP) is 5.05. The van der Waals surface area contributed by atoms with Crippen molar-refractivity contribution in [2.45, 2.75) is 57.6 Å². The molecule has 0 bridgehead atoms. The van der Waals surface area contributed by atoms with E-state index < -0.39 is 42.4 Å². The number of carbonyl (C=O) groups is 4. The standard InChI is InChI=1S/C28H35N7O4.2C2HF3O2/c1-3-29-24-11-7-10-22(33-24)21-12-14-35(15-13-21)26-19(2)25(31-18-32-26)30-16-23(27(36)37)34-28(38)39-17-20-8-5-4-6-9-20;2*3-2(4,5)1(6)7/h4-11,18,21,23H,3,12-17H2,1-2H3,(H,29,33)(H,34,38)(H,36,37)(H,30,31,32);2*(H,6,7). The number of aliphatic carboxylic acids is 3. The van der Waals surface area contributed by atoms with Crippen LogP contribution < -0.4 is 20.9 Å². The Bertz CT molecular complexity index is 1630. The van der Waals surface area contributed by atoms with Crippen molar-refractivity contribution in [2.24, 2.45) is 0 Å². The van der Waals surface area contributed by atoms with Crippen LogP contribution in [0.3, 0.4) is 0 Å². The van der Waals surface area contributed by atoms with Crippen LogP contribution in [0.15, 0.2) is 54.9 Å². The summed E-state index contributed by atoms with van der Waals surface area (Å²) in [7, 11) is 0. The second-order valence-corrected chi connectivity index (χ2v) is 11.0. The zero-order chi connectivity index (χ0) is 39.8. The quantitative estimate of drug-likeness (QED) is 0.141. The van der Waals surface area contributed by atoms with Crippen molar-refractivity contribution < 1.29 is 65.6 Å². The molecule has 1 fully saturated rings. The molecule has 4 rings (SSSR count). The van der Waals surface area contributed by atoms with Gasteiger partial charge in [-0.05, 0) is 44.4 Å². The van der Waals surface area contributed by atoms with Crippen LogP contribution in [0.4, 0.5) is 48.6 Å². The number of nitrogens with zero attached hydrogens (tertiary/aromatic N) is 4. The second kappa shape index (κ2) is 20.2. The van der Waals surface area contributed by atoms with Crippen molar-refractivity contribution in [1.82, 2.24) is 20.3 Å². The highest BCUT2D eigenvalue weighted by Gasteiger charge is 2.39. The lowest BCUT2D eigenvalue weighted by Crippen LogP contribution is -2.45. The van der Waals surface area contributed by atoms with Crippen LogP contribution in [0.25, 0.3) is 0 Å². The SMILES string of the molecule is CCNc1cccc(C2CCN(c3ncnc(NCC(NC(=O)OCc4ccccc4)C(=O)O)c3C)CC2)n1.O=C(O)C(F)(F)F.O=C(O)C(F)(F)F. The summed E-state index contributed by atoms with van der Waals surface area (Å²) in [6.45, 7) is 6.42. The van der Waals surface area contributed by atoms with Crippen molar-refractivity contribution in [3.05, 3.63) is 71.7 Å². The first-order chi connectivity index (χ1) is 24.8. The van der Waals surface area contributed by atoms with Crippen molar-refractivity contribution >= 4 is 41.5 Å². The largest absolute Gasteiger partial charge is 0.490 e. The number of amides is 1. The zero-order valence-corrected chi connectivity index (χ0v) is 28.2. The van der Waals surface area contributed by atoms with E-state index in [-0.39, 0.29) is 13.2 Å². The molecule has 1 atom stereocenters. The molecule has 0 saturated carbocycles. The van der Waals surface area contributed by atoms with Crippen LogP contribution in [0.1, 0.15) is 42.5 Å². The van der Waals surface area contributed by atoms with Crippen LogP contribution >= 0.6 is 0 Å². The minimum absolute atomic E-state index is 0.0502. The molecule has 53 heavy (non-hydrogen) atoms. The molecule has 0 aliphatic carbocycles. The van der Waals surface area contributed by atoms with Gasteiger partial charge in [-0.3, -0.25) is 0 Å². The van der Waals surface area contributed by atoms with Crippen LogP contribution in [-0.2, 0) is 25.7 Å². The van der Waals surface area contributed by atoms with E-state index in [9.17, 15) is 41.0 Å². The summed E-state index contributed by atoms with van der Waals surface area (Å²) < 4.78 is 68.6. The minimum Gasteiger partial charge on any atom is -0.480 e. The van der Waals surface area contributed by atoms with Crippen molar-refractivity contribution in [1.29, 1.82) is 0 Å². The van der Waals surface area contributed by atoms with Gasteiger partial charge in [-0.15, -0.1) is 0 Å². The topological polar surface area (TPSA) is 216 Å². The molecule has 6 N–H and O–H groups in total. The maximum Gasteiger partial charge on any atom is 0.490 e. The molecule has 3 aromatic rings. The molecule has 1 aliphatic rings. The van der Waals surface area contributed by atoms with Gasteiger partial charge in [-0.1, -0.05) is 36.4 Å². The molecule has 3 heterocycles. The molecule has 0 spiro atoms. The number of piperidine rings is 1. The van der Waals surface area contributed by atoms with Gasteiger partial charge in [-0.2, -0.15) is 26.3 Å². The van der Waals surface area contributed by atoms with Gasteiger partial charge in [0, 0.05) is 43.4 Å². The van der Waals surface area contributed by atoms with Gasteiger partial charge >= 0.3 is 36.4 Å². The van der Waals surface area contributed by atoms with E-state index in [1.165, 1.54) is 6.33 Å². The molecule has 1 aromatic carbocycles. The summed E-state index contributed by atoms with van der Waals surface area (Å²) in [6.07, 6.45) is -7.60. The number of alkyl carbamates (subject to hydrolysis) is 1. The summed E-state index contributed by atoms with van der Waals surface area (Å²) in [5.41, 5.74) is 2.73. The molecule has 290 valence electrons. The highest BCUT2D eigenvalue weighted by atomic mass is 19.4. The Morgan fingerprint density at radius 3 is 2.00 bits per heavy atom. The Kier molecular flexibility index (Phi) is 16.5. The first-order valence-electron chi connectivity index (χ1n) is 15.6. The Morgan fingerprint density at radius 1 is 0.887 bits per heavy atom. The van der Waals surface area contributed by atoms with Gasteiger partial charge in [0.25, 0.3) is 0 Å². The Labute approximate surface area is 298 Å². The van der Waals surface area contributed by atoms with E-state index in [0.29, 0.717) is 11.7 Å². The Hall–Kier alpha value is -5.89. The number of halogens is 6. The van der Waals surface area contributed by atoms with E-state index in [4.69, 9.17) is 29.5 Å². The minimum atomic E-state index is -5.08. The first kappa shape index (κ1) is 43.3. The number of carbonyl (C=O) groups excluding carboxylic acids is 1. The van der Waals surface area contributed by atoms with Gasteiger partial charge in [0.2, 0.25) is 0 Å². The van der Waals surface area contributed by atoms with Crippen molar-refractivity contribution in [2.75, 3.05) is 41.7 Å². The summed E-state index contributed by atoms with van der Waals surface area (Å²) >= 11 is 0. The van der Waals surface area contributed by atoms with E-state index in [2.05, 4.69) is 43.8 Å². The highest BCUT2D eigenvalue weighted by molar-refractivity contribution is 5.80. The molecule has 1 amide bonds. The fraction of sp³-hybridized carbons (Fsp3) is 0.406. The first-order valence-corrected chi connectivity index (χ1v) is 15.6. The van der Waals surface area contributed by atoms with Crippen LogP contribution in [-0.4, -0.2) is 98.8 Å². The zero-order valence-electron chi connectivity index (χ0n) is 28.2. The monoisotopic (exact) mass is 761 g/mol. The van der Waals surface area contributed by atoms with Gasteiger partial charge in [0.05, 0.1) is 0 Å². The average molecular weight is 762 g/mol. The fourth-order valence-corrected chi connectivity index (χ4v) is 4.59. The molecule has 1 unspecified atom stereocenters. The number of ether oxygens (including phenoxy) is 1. The normalized spacial score (nSPS) is 13.5. The summed E-state index contributed by atoms with van der Waals surface area (Å²) in [5.74, 6) is -4.09. The highest BCUT2D eigenvalue weighted by Crippen LogP contribution is 2.31. The number of carboxylic acids is 3. The lowest BCUT2D eigenvalue weighted by atomic mass is 9.93. The van der Waals surface area contributed by atoms with Crippen molar-refractivity contribution in [3.8, 4) is 0 Å². The maximum atomic E-state index is 12.2. The lowest BCUT2D eigenvalue weighted by molar-refractivity contribution is -0.193. The summed E-state index contributed by atoms with van der Waals surface area (Å²) in [6, 6.07) is 14.1. The number of nitrogens with one attached hydrogen (secondary N) is 3. The number of hydrogen-bond donors (Lipinski definition) is 6. The number of benzene rings is 1. The number of rotatable bonds is 11. The number of alkyl halides is 6. The molecule has 15 nitrogen and oxygen atoms in total. The van der Waals surface area contributed by atoms with E-state index in [0.717, 1.165) is 60.9 Å². The fourth-order valence-electron chi connectivity index (χ4n) is 4.59. The molecular weight excluding hydrogens is 724 g/mol. The van der Waals surface area contributed by atoms with E-state index >= 15 is 0 Å². The number of aromatic nitrogens is 3. The van der Waals surface area contributed by atoms with Gasteiger partial charge in [0.15, 0.2) is 0 Å². The number of pyridine rings is 1. The molecular formula is C32H37F6N7O8. The number of anilines is 3. The lowest BCUT2D eigenvalue weighted by Gasteiger charge is -2.33. The second-order valence-electron chi connectivity index (χ2n) is 11.0. The molecule has 0 radical (unpaired) electrons. The molecule has 1 aliphatic heterocycles. The third-order valence-corrected chi connectivity index (χ3v) is 7.16. The van der Waals surface area contributed by atoms with Crippen LogP contribution in [0.5, 0.6) is 0 Å². The Balaban J connectivity index is 0.000000587. The van der Waals surface area contributed by atoms with E-state index in [1.54, 1.807) is 0 Å². The van der Waals surface area contributed by atoms with E-state index in [1.807, 2.05) is 49.4 Å². The van der Waals surface area contributed by atoms with Gasteiger partial charge in [0.1, 0.15) is 36.4 Å². The smallest absolute Gasteiger partial charge is 0.480 e. The maximum absolute atomic E-state index is 12.2. The van der Waals surface area contributed by atoms with Gasteiger partial charge < -0.3 is 40.9 Å². The molecule has 2 aromatic heterocycles. The van der Waals surface area contributed by atoms with Gasteiger partial charge in [-0.25, -0.2) is 34.1 Å². The molecule has 21 heteroatoms. The van der Waals surface area contributed by atoms with Crippen LogP contribution in [0, 0.1) is 6.92 Å². The summed E-state index contributed by atoms with van der Waals surface area (Å²) in [5, 5.41) is 32.6. The predicted molar refractivity (Wildman–Crippen MR) is 176 cm³/mol. The third-order valence-electron chi connectivity index (χ3n) is 7.16.